The molecule has 1 N–H and O–H groups in total. The third-order valence-corrected chi connectivity index (χ3v) is 3.46. The first-order chi connectivity index (χ1) is 9.63. The van der Waals surface area contributed by atoms with Gasteiger partial charge in [-0.3, -0.25) is 9.67 Å². The van der Waals surface area contributed by atoms with Gasteiger partial charge < -0.3 is 10.2 Å². The van der Waals surface area contributed by atoms with Crippen molar-refractivity contribution in [2.45, 2.75) is 12.6 Å². The highest BCUT2D eigenvalue weighted by molar-refractivity contribution is 6.31. The maximum absolute atomic E-state index is 6.33. The fourth-order valence-electron chi connectivity index (χ4n) is 2.14. The Bertz CT molecular complexity index is 538. The molecule has 0 amide bonds. The molecule has 0 spiro atoms. The molecular formula is C14H20ClN5. The molecule has 0 saturated heterocycles. The van der Waals surface area contributed by atoms with Crippen LogP contribution in [0.1, 0.15) is 17.3 Å². The van der Waals surface area contributed by atoms with E-state index in [0.717, 1.165) is 24.3 Å². The molecular weight excluding hydrogens is 274 g/mol. The monoisotopic (exact) mass is 293 g/mol. The first kappa shape index (κ1) is 15.0. The molecule has 0 radical (unpaired) electrons. The summed E-state index contributed by atoms with van der Waals surface area (Å²) in [5, 5.41) is 8.34. The van der Waals surface area contributed by atoms with Gasteiger partial charge in [0, 0.05) is 18.9 Å². The lowest BCUT2D eigenvalue weighted by molar-refractivity contribution is 0.366. The molecule has 2 rings (SSSR count). The maximum Gasteiger partial charge on any atom is 0.0837 e. The number of rotatable bonds is 6. The molecule has 0 fully saturated rings. The van der Waals surface area contributed by atoms with E-state index in [9.17, 15) is 0 Å². The Morgan fingerprint density at radius 1 is 1.40 bits per heavy atom. The number of hydrogen-bond acceptors (Lipinski definition) is 4. The lowest BCUT2D eigenvalue weighted by Gasteiger charge is -2.19. The zero-order valence-electron chi connectivity index (χ0n) is 12.0. The molecule has 0 saturated carbocycles. The minimum absolute atomic E-state index is 0.0131. The molecule has 0 bridgehead atoms. The molecule has 2 heterocycles. The summed E-state index contributed by atoms with van der Waals surface area (Å²) in [6.45, 7) is 1.71. The fraction of sp³-hybridized carbons (Fsp3) is 0.429. The third kappa shape index (κ3) is 3.36. The van der Waals surface area contributed by atoms with Crippen molar-refractivity contribution in [3.63, 3.8) is 0 Å². The van der Waals surface area contributed by atoms with Crippen molar-refractivity contribution in [2.24, 2.45) is 0 Å². The maximum atomic E-state index is 6.33. The summed E-state index contributed by atoms with van der Waals surface area (Å²) < 4.78 is 1.95. The van der Waals surface area contributed by atoms with Gasteiger partial charge in [0.25, 0.3) is 0 Å². The minimum Gasteiger partial charge on any atom is -0.308 e. The summed E-state index contributed by atoms with van der Waals surface area (Å²) in [6.07, 6.45) is 5.31. The van der Waals surface area contributed by atoms with Crippen LogP contribution in [-0.2, 0) is 6.54 Å². The number of aromatic nitrogens is 3. The standard InChI is InChI=1S/C14H20ClN5/c1-16-13(11-5-4-6-17-9-11)14-12(15)10-18-20(14)8-7-19(2)3/h4-6,9-10,13,16H,7-8H2,1-3H3. The van der Waals surface area contributed by atoms with Crippen molar-refractivity contribution >= 4 is 11.6 Å². The van der Waals surface area contributed by atoms with E-state index in [4.69, 9.17) is 11.6 Å². The van der Waals surface area contributed by atoms with Crippen molar-refractivity contribution in [3.8, 4) is 0 Å². The van der Waals surface area contributed by atoms with Gasteiger partial charge in [-0.2, -0.15) is 5.10 Å². The topological polar surface area (TPSA) is 46.0 Å². The SMILES string of the molecule is CNC(c1cccnc1)c1c(Cl)cnn1CCN(C)C. The highest BCUT2D eigenvalue weighted by atomic mass is 35.5. The molecule has 5 nitrogen and oxygen atoms in total. The van der Waals surface area contributed by atoms with Gasteiger partial charge in [-0.05, 0) is 32.8 Å². The van der Waals surface area contributed by atoms with Crippen LogP contribution in [0.15, 0.2) is 30.7 Å². The van der Waals surface area contributed by atoms with Crippen LogP contribution in [0.3, 0.4) is 0 Å². The Morgan fingerprint density at radius 2 is 2.20 bits per heavy atom. The highest BCUT2D eigenvalue weighted by Crippen LogP contribution is 2.27. The van der Waals surface area contributed by atoms with Crippen LogP contribution in [0.2, 0.25) is 5.02 Å². The summed E-state index contributed by atoms with van der Waals surface area (Å²) >= 11 is 6.33. The Labute approximate surface area is 124 Å². The minimum atomic E-state index is -0.0131. The van der Waals surface area contributed by atoms with Gasteiger partial charge in [0.2, 0.25) is 0 Å². The summed E-state index contributed by atoms with van der Waals surface area (Å²) in [5.41, 5.74) is 2.05. The molecule has 0 aliphatic rings. The highest BCUT2D eigenvalue weighted by Gasteiger charge is 2.20. The van der Waals surface area contributed by atoms with Gasteiger partial charge >= 0.3 is 0 Å². The van der Waals surface area contributed by atoms with Gasteiger partial charge in [-0.1, -0.05) is 17.7 Å². The predicted molar refractivity (Wildman–Crippen MR) is 80.9 cm³/mol. The second kappa shape index (κ2) is 6.83. The molecule has 6 heteroatoms. The second-order valence-electron chi connectivity index (χ2n) is 4.91. The first-order valence-electron chi connectivity index (χ1n) is 6.56. The fourth-order valence-corrected chi connectivity index (χ4v) is 2.39. The van der Waals surface area contributed by atoms with E-state index >= 15 is 0 Å². The summed E-state index contributed by atoms with van der Waals surface area (Å²) in [7, 11) is 6.00. The average Bonchev–Trinajstić information content (AvgIpc) is 2.80. The molecule has 0 aliphatic carbocycles. The second-order valence-corrected chi connectivity index (χ2v) is 5.32. The van der Waals surface area contributed by atoms with Crippen LogP contribution >= 0.6 is 11.6 Å². The molecule has 108 valence electrons. The van der Waals surface area contributed by atoms with Crippen molar-refractivity contribution in [1.29, 1.82) is 0 Å². The quantitative estimate of drug-likeness (QED) is 0.882. The van der Waals surface area contributed by atoms with Crippen molar-refractivity contribution in [1.82, 2.24) is 25.0 Å². The lowest BCUT2D eigenvalue weighted by Crippen LogP contribution is -2.25. The number of pyridine rings is 1. The van der Waals surface area contributed by atoms with E-state index in [1.54, 1.807) is 12.4 Å². The number of hydrogen-bond donors (Lipinski definition) is 1. The molecule has 0 aliphatic heterocycles. The zero-order valence-corrected chi connectivity index (χ0v) is 12.8. The lowest BCUT2D eigenvalue weighted by atomic mass is 10.1. The van der Waals surface area contributed by atoms with Crippen LogP contribution < -0.4 is 5.32 Å². The van der Waals surface area contributed by atoms with Gasteiger partial charge in [0.1, 0.15) is 0 Å². The van der Waals surface area contributed by atoms with Crippen molar-refractivity contribution < 1.29 is 0 Å². The average molecular weight is 294 g/mol. The molecule has 2 aromatic heterocycles. The van der Waals surface area contributed by atoms with Gasteiger partial charge in [0.05, 0.1) is 29.5 Å². The normalized spacial score (nSPS) is 12.8. The summed E-state index contributed by atoms with van der Waals surface area (Å²) in [6, 6.07) is 3.95. The van der Waals surface area contributed by atoms with Crippen LogP contribution in [0.5, 0.6) is 0 Å². The zero-order chi connectivity index (χ0) is 14.5. The largest absolute Gasteiger partial charge is 0.308 e. The van der Waals surface area contributed by atoms with E-state index < -0.39 is 0 Å². The van der Waals surface area contributed by atoms with Gasteiger partial charge in [-0.15, -0.1) is 0 Å². The number of likely N-dealkylation sites (N-methyl/N-ethyl adjacent to an activating group) is 1. The summed E-state index contributed by atoms with van der Waals surface area (Å²) in [5.74, 6) is 0. The number of nitrogens with one attached hydrogen (secondary N) is 1. The molecule has 0 aromatic carbocycles. The summed E-state index contributed by atoms with van der Waals surface area (Å²) in [4.78, 5) is 6.30. The van der Waals surface area contributed by atoms with Crippen molar-refractivity contribution in [3.05, 3.63) is 47.0 Å². The van der Waals surface area contributed by atoms with E-state index in [2.05, 4.69) is 20.3 Å². The Hall–Kier alpha value is -1.43. The number of halogens is 1. The first-order valence-corrected chi connectivity index (χ1v) is 6.94. The molecule has 20 heavy (non-hydrogen) atoms. The van der Waals surface area contributed by atoms with Crippen LogP contribution in [-0.4, -0.2) is 47.4 Å². The Kier molecular flexibility index (Phi) is 5.11. The Morgan fingerprint density at radius 3 is 2.80 bits per heavy atom. The molecule has 1 atom stereocenters. The van der Waals surface area contributed by atoms with Crippen LogP contribution in [0.25, 0.3) is 0 Å². The van der Waals surface area contributed by atoms with Gasteiger partial charge in [-0.25, -0.2) is 0 Å². The van der Waals surface area contributed by atoms with Crippen molar-refractivity contribution in [2.75, 3.05) is 27.7 Å². The Balaban J connectivity index is 2.32. The van der Waals surface area contributed by atoms with E-state index in [1.807, 2.05) is 44.2 Å². The smallest absolute Gasteiger partial charge is 0.0837 e. The third-order valence-electron chi connectivity index (χ3n) is 3.17. The van der Waals surface area contributed by atoms with Crippen LogP contribution in [0, 0.1) is 0 Å². The predicted octanol–water partition coefficient (Wildman–Crippen LogP) is 1.80. The van der Waals surface area contributed by atoms with Gasteiger partial charge in [0.15, 0.2) is 0 Å². The van der Waals surface area contributed by atoms with E-state index in [0.29, 0.717) is 5.02 Å². The van der Waals surface area contributed by atoms with E-state index in [1.165, 1.54) is 0 Å². The van der Waals surface area contributed by atoms with Crippen LogP contribution in [0.4, 0.5) is 0 Å². The molecule has 2 aromatic rings. The molecule has 1 unspecified atom stereocenters. The number of nitrogens with zero attached hydrogens (tertiary/aromatic N) is 4. The van der Waals surface area contributed by atoms with E-state index in [-0.39, 0.29) is 6.04 Å².